The molecule has 28 heavy (non-hydrogen) atoms. The van der Waals surface area contributed by atoms with Gasteiger partial charge in [-0.1, -0.05) is 24.3 Å². The van der Waals surface area contributed by atoms with Gasteiger partial charge in [0.1, 0.15) is 11.5 Å². The number of ether oxygens (including phenoxy) is 2. The topological polar surface area (TPSA) is 86.5 Å². The second-order valence-electron chi connectivity index (χ2n) is 6.14. The van der Waals surface area contributed by atoms with Gasteiger partial charge in [-0.05, 0) is 30.2 Å². The Balaban J connectivity index is 1.45. The van der Waals surface area contributed by atoms with Gasteiger partial charge in [0.2, 0.25) is 17.7 Å². The Hall–Kier alpha value is -3.35. The molecule has 0 saturated carbocycles. The van der Waals surface area contributed by atoms with Crippen molar-refractivity contribution < 1.29 is 18.7 Å². The fourth-order valence-electron chi connectivity index (χ4n) is 2.76. The third-order valence-corrected chi connectivity index (χ3v) is 4.26. The van der Waals surface area contributed by atoms with Gasteiger partial charge >= 0.3 is 0 Å². The monoisotopic (exact) mass is 381 g/mol. The van der Waals surface area contributed by atoms with Gasteiger partial charge < -0.3 is 19.2 Å². The first-order chi connectivity index (χ1) is 13.7. The molecule has 146 valence electrons. The first kappa shape index (κ1) is 19.4. The summed E-state index contributed by atoms with van der Waals surface area (Å²) < 4.78 is 16.2. The van der Waals surface area contributed by atoms with Crippen molar-refractivity contribution in [1.29, 1.82) is 0 Å². The number of aromatic nitrogens is 2. The molecule has 3 rings (SSSR count). The maximum Gasteiger partial charge on any atom is 0.247 e. The summed E-state index contributed by atoms with van der Waals surface area (Å²) in [6.45, 7) is 0.515. The summed E-state index contributed by atoms with van der Waals surface area (Å²) in [5.74, 6) is 2.33. The van der Waals surface area contributed by atoms with E-state index in [4.69, 9.17) is 13.9 Å². The molecule has 1 heterocycles. The van der Waals surface area contributed by atoms with Crippen LogP contribution >= 0.6 is 0 Å². The van der Waals surface area contributed by atoms with E-state index < -0.39 is 0 Å². The molecule has 0 aliphatic carbocycles. The predicted molar refractivity (Wildman–Crippen MR) is 104 cm³/mol. The van der Waals surface area contributed by atoms with Gasteiger partial charge in [-0.2, -0.15) is 0 Å². The maximum absolute atomic E-state index is 12.1. The van der Waals surface area contributed by atoms with Crippen LogP contribution in [0.3, 0.4) is 0 Å². The van der Waals surface area contributed by atoms with Crippen molar-refractivity contribution >= 4 is 5.91 Å². The molecule has 0 aliphatic rings. The maximum atomic E-state index is 12.1. The molecule has 3 aromatic rings. The van der Waals surface area contributed by atoms with Crippen LogP contribution in [0.25, 0.3) is 11.5 Å². The normalized spacial score (nSPS) is 10.5. The number of rotatable bonds is 9. The number of benzene rings is 2. The minimum absolute atomic E-state index is 0.0630. The first-order valence-corrected chi connectivity index (χ1v) is 9.05. The van der Waals surface area contributed by atoms with Crippen LogP contribution in [0.1, 0.15) is 17.9 Å². The van der Waals surface area contributed by atoms with Crippen LogP contribution in [0.15, 0.2) is 52.9 Å². The van der Waals surface area contributed by atoms with Crippen molar-refractivity contribution in [2.75, 3.05) is 20.8 Å². The number of hydrogen-bond acceptors (Lipinski definition) is 6. The van der Waals surface area contributed by atoms with E-state index in [-0.39, 0.29) is 12.3 Å². The first-order valence-electron chi connectivity index (χ1n) is 9.05. The molecule has 0 fully saturated rings. The molecule has 2 aromatic carbocycles. The average Bonchev–Trinajstić information content (AvgIpc) is 3.22. The van der Waals surface area contributed by atoms with E-state index in [9.17, 15) is 4.79 Å². The lowest BCUT2D eigenvalue weighted by Gasteiger charge is -2.11. The van der Waals surface area contributed by atoms with Crippen molar-refractivity contribution in [3.05, 3.63) is 60.0 Å². The van der Waals surface area contributed by atoms with Gasteiger partial charge in [0.05, 0.1) is 14.2 Å². The standard InChI is InChI=1S/C21H23N3O4/c1-26-17-9-8-15(18(14-17)27-2)12-13-22-19(25)10-11-20-23-24-21(28-20)16-6-4-3-5-7-16/h3-9,14H,10-13H2,1-2H3,(H,22,25). The van der Waals surface area contributed by atoms with E-state index in [0.29, 0.717) is 31.2 Å². The van der Waals surface area contributed by atoms with Gasteiger partial charge in [0, 0.05) is 31.0 Å². The number of aryl methyl sites for hydroxylation is 1. The summed E-state index contributed by atoms with van der Waals surface area (Å²) in [5.41, 5.74) is 1.87. The Labute approximate surface area is 163 Å². The van der Waals surface area contributed by atoms with Crippen molar-refractivity contribution in [2.45, 2.75) is 19.3 Å². The Morgan fingerprint density at radius 3 is 2.61 bits per heavy atom. The van der Waals surface area contributed by atoms with Gasteiger partial charge in [-0.3, -0.25) is 4.79 Å². The van der Waals surface area contributed by atoms with Crippen molar-refractivity contribution in [3.63, 3.8) is 0 Å². The Kier molecular flexibility index (Phi) is 6.62. The zero-order valence-corrected chi connectivity index (χ0v) is 16.0. The molecular formula is C21H23N3O4. The number of nitrogens with zero attached hydrogens (tertiary/aromatic N) is 2. The summed E-state index contributed by atoms with van der Waals surface area (Å²) >= 11 is 0. The zero-order valence-electron chi connectivity index (χ0n) is 16.0. The van der Waals surface area contributed by atoms with Crippen LogP contribution in [-0.4, -0.2) is 36.9 Å². The summed E-state index contributed by atoms with van der Waals surface area (Å²) in [5, 5.41) is 10.9. The number of hydrogen-bond donors (Lipinski definition) is 1. The van der Waals surface area contributed by atoms with Crippen LogP contribution in [0, 0.1) is 0 Å². The number of methoxy groups -OCH3 is 2. The number of carbonyl (C=O) groups is 1. The van der Waals surface area contributed by atoms with Crippen LogP contribution in [0.2, 0.25) is 0 Å². The second kappa shape index (κ2) is 9.55. The molecule has 0 unspecified atom stereocenters. The largest absolute Gasteiger partial charge is 0.497 e. The molecule has 7 nitrogen and oxygen atoms in total. The molecule has 1 aromatic heterocycles. The molecule has 0 saturated heterocycles. The van der Waals surface area contributed by atoms with Crippen molar-refractivity contribution in [2.24, 2.45) is 0 Å². The third kappa shape index (κ3) is 5.09. The molecule has 0 aliphatic heterocycles. The Bertz CT molecular complexity index is 909. The fourth-order valence-corrected chi connectivity index (χ4v) is 2.76. The predicted octanol–water partition coefficient (Wildman–Crippen LogP) is 3.05. The SMILES string of the molecule is COc1ccc(CCNC(=O)CCc2nnc(-c3ccccc3)o2)c(OC)c1. The van der Waals surface area contributed by atoms with Crippen molar-refractivity contribution in [3.8, 4) is 23.0 Å². The lowest BCUT2D eigenvalue weighted by Crippen LogP contribution is -2.26. The summed E-state index contributed by atoms with van der Waals surface area (Å²) in [6, 6.07) is 15.2. The Morgan fingerprint density at radius 1 is 1.04 bits per heavy atom. The van der Waals surface area contributed by atoms with Gasteiger partial charge in [0.15, 0.2) is 0 Å². The van der Waals surface area contributed by atoms with Crippen LogP contribution in [0.4, 0.5) is 0 Å². The van der Waals surface area contributed by atoms with E-state index in [1.807, 2.05) is 48.5 Å². The van der Waals surface area contributed by atoms with E-state index in [1.54, 1.807) is 14.2 Å². The van der Waals surface area contributed by atoms with Crippen LogP contribution in [0.5, 0.6) is 11.5 Å². The molecule has 1 N–H and O–H groups in total. The highest BCUT2D eigenvalue weighted by Crippen LogP contribution is 2.24. The molecule has 1 amide bonds. The van der Waals surface area contributed by atoms with Gasteiger partial charge in [-0.15, -0.1) is 10.2 Å². The molecule has 0 spiro atoms. The van der Waals surface area contributed by atoms with Crippen molar-refractivity contribution in [1.82, 2.24) is 15.5 Å². The van der Waals surface area contributed by atoms with E-state index in [0.717, 1.165) is 22.6 Å². The summed E-state index contributed by atoms with van der Waals surface area (Å²) in [4.78, 5) is 12.1. The summed E-state index contributed by atoms with van der Waals surface area (Å²) in [7, 11) is 3.23. The Morgan fingerprint density at radius 2 is 1.86 bits per heavy atom. The molecule has 7 heteroatoms. The fraction of sp³-hybridized carbons (Fsp3) is 0.286. The zero-order chi connectivity index (χ0) is 19.8. The quantitative estimate of drug-likeness (QED) is 0.613. The lowest BCUT2D eigenvalue weighted by molar-refractivity contribution is -0.121. The molecule has 0 radical (unpaired) electrons. The average molecular weight is 381 g/mol. The highest BCUT2D eigenvalue weighted by Gasteiger charge is 2.11. The van der Waals surface area contributed by atoms with Gasteiger partial charge in [-0.25, -0.2) is 0 Å². The summed E-state index contributed by atoms with van der Waals surface area (Å²) in [6.07, 6.45) is 1.35. The van der Waals surface area contributed by atoms with Crippen LogP contribution in [-0.2, 0) is 17.6 Å². The van der Waals surface area contributed by atoms with Gasteiger partial charge in [0.25, 0.3) is 0 Å². The van der Waals surface area contributed by atoms with E-state index in [2.05, 4.69) is 15.5 Å². The molecular weight excluding hydrogens is 358 g/mol. The van der Waals surface area contributed by atoms with E-state index in [1.165, 1.54) is 0 Å². The second-order valence-corrected chi connectivity index (χ2v) is 6.14. The highest BCUT2D eigenvalue weighted by atomic mass is 16.5. The number of carbonyl (C=O) groups excluding carboxylic acids is 1. The number of nitrogens with one attached hydrogen (secondary N) is 1. The van der Waals surface area contributed by atoms with E-state index >= 15 is 0 Å². The smallest absolute Gasteiger partial charge is 0.247 e. The third-order valence-electron chi connectivity index (χ3n) is 4.26. The lowest BCUT2D eigenvalue weighted by atomic mass is 10.1. The minimum Gasteiger partial charge on any atom is -0.497 e. The minimum atomic E-state index is -0.0630. The molecule has 0 bridgehead atoms. The highest BCUT2D eigenvalue weighted by molar-refractivity contribution is 5.76. The number of amides is 1. The van der Waals surface area contributed by atoms with Crippen LogP contribution < -0.4 is 14.8 Å². The molecule has 0 atom stereocenters.